The van der Waals surface area contributed by atoms with Gasteiger partial charge in [-0.1, -0.05) is 91.0 Å². The van der Waals surface area contributed by atoms with E-state index in [1.807, 2.05) is 105 Å². The van der Waals surface area contributed by atoms with Crippen LogP contribution in [0.3, 0.4) is 0 Å². The molecule has 0 saturated heterocycles. The summed E-state index contributed by atoms with van der Waals surface area (Å²) in [7, 11) is 0. The topological polar surface area (TPSA) is 134 Å². The van der Waals surface area contributed by atoms with E-state index in [2.05, 4.69) is 16.0 Å². The Hall–Kier alpha value is -3.96. The van der Waals surface area contributed by atoms with Gasteiger partial charge >= 0.3 is 12.1 Å². The summed E-state index contributed by atoms with van der Waals surface area (Å²) in [6, 6.07) is 26.9. The molecule has 4 N–H and O–H groups in total. The summed E-state index contributed by atoms with van der Waals surface area (Å²) < 4.78 is 4.35. The highest BCUT2D eigenvalue weighted by Crippen LogP contribution is 2.28. The van der Waals surface area contributed by atoms with Gasteiger partial charge in [-0.15, -0.1) is 11.8 Å². The number of nitrogens with one attached hydrogen (secondary N) is 3. The number of aliphatic carboxylic acids is 1. The fourth-order valence-corrected chi connectivity index (χ4v) is 6.18. The van der Waals surface area contributed by atoms with Gasteiger partial charge in [-0.05, 0) is 49.8 Å². The predicted molar refractivity (Wildman–Crippen MR) is 184 cm³/mol. The summed E-state index contributed by atoms with van der Waals surface area (Å²) in [5, 5.41) is 18.0. The first-order chi connectivity index (χ1) is 22.1. The van der Waals surface area contributed by atoms with E-state index in [1.165, 1.54) is 23.5 Å². The maximum absolute atomic E-state index is 13.4. The number of amides is 3. The molecule has 3 rings (SSSR count). The molecule has 0 aromatic heterocycles. The van der Waals surface area contributed by atoms with Crippen LogP contribution in [0.25, 0.3) is 0 Å². The second-order valence-corrected chi connectivity index (χ2v) is 13.8. The van der Waals surface area contributed by atoms with Crippen molar-refractivity contribution in [3.8, 4) is 0 Å². The third-order valence-corrected chi connectivity index (χ3v) is 9.51. The van der Waals surface area contributed by atoms with E-state index >= 15 is 0 Å². The molecule has 46 heavy (non-hydrogen) atoms. The summed E-state index contributed by atoms with van der Waals surface area (Å²) in [6.07, 6.45) is 0.556. The molecule has 2 atom stereocenters. The number of carbonyl (C=O) groups excluding carboxylic acids is 3. The van der Waals surface area contributed by atoms with Gasteiger partial charge in [0.15, 0.2) is 0 Å². The van der Waals surface area contributed by atoms with Crippen LogP contribution in [0.4, 0.5) is 4.79 Å². The molecule has 246 valence electrons. The average Bonchev–Trinajstić information content (AvgIpc) is 3.06. The van der Waals surface area contributed by atoms with Crippen LogP contribution in [-0.4, -0.2) is 58.1 Å². The minimum absolute atomic E-state index is 0.157. The van der Waals surface area contributed by atoms with Gasteiger partial charge in [-0.2, -0.15) is 11.8 Å². The van der Waals surface area contributed by atoms with E-state index in [9.17, 15) is 24.3 Å². The fourth-order valence-electron chi connectivity index (χ4n) is 4.26. The Balaban J connectivity index is 1.52. The lowest BCUT2D eigenvalue weighted by Gasteiger charge is -2.27. The molecule has 0 aliphatic heterocycles. The highest BCUT2D eigenvalue weighted by atomic mass is 32.2. The molecule has 0 heterocycles. The lowest BCUT2D eigenvalue weighted by molar-refractivity contribution is -0.142. The Morgan fingerprint density at radius 2 is 1.33 bits per heavy atom. The minimum Gasteiger partial charge on any atom is -0.480 e. The van der Waals surface area contributed by atoms with Gasteiger partial charge in [0.2, 0.25) is 11.8 Å². The van der Waals surface area contributed by atoms with Crippen LogP contribution in [0, 0.1) is 0 Å². The van der Waals surface area contributed by atoms with Gasteiger partial charge in [-0.3, -0.25) is 9.59 Å². The third kappa shape index (κ3) is 13.6. The predicted octanol–water partition coefficient (Wildman–Crippen LogP) is 5.78. The average molecular weight is 666 g/mol. The zero-order valence-electron chi connectivity index (χ0n) is 26.3. The quantitative estimate of drug-likeness (QED) is 0.118. The molecule has 3 aromatic rings. The van der Waals surface area contributed by atoms with Crippen molar-refractivity contribution in [1.82, 2.24) is 16.0 Å². The molecule has 3 amide bonds. The molecule has 0 saturated carbocycles. The Morgan fingerprint density at radius 3 is 1.91 bits per heavy atom. The molecule has 9 nitrogen and oxygen atoms in total. The smallest absolute Gasteiger partial charge is 0.407 e. The van der Waals surface area contributed by atoms with Crippen LogP contribution >= 0.6 is 23.5 Å². The molecule has 3 aromatic carbocycles. The van der Waals surface area contributed by atoms with Gasteiger partial charge in [0.1, 0.15) is 18.7 Å². The van der Waals surface area contributed by atoms with Gasteiger partial charge in [0.05, 0.1) is 4.75 Å². The number of hydrogen-bond acceptors (Lipinski definition) is 7. The number of ether oxygens (including phenoxy) is 1. The van der Waals surface area contributed by atoms with E-state index in [-0.39, 0.29) is 24.7 Å². The lowest BCUT2D eigenvalue weighted by atomic mass is 10.1. The number of rotatable bonds is 19. The monoisotopic (exact) mass is 665 g/mol. The van der Waals surface area contributed by atoms with Crippen LogP contribution in [0.1, 0.15) is 49.8 Å². The van der Waals surface area contributed by atoms with Gasteiger partial charge < -0.3 is 25.8 Å². The first-order valence-electron chi connectivity index (χ1n) is 15.2. The molecule has 0 spiro atoms. The minimum atomic E-state index is -1.16. The van der Waals surface area contributed by atoms with E-state index in [1.54, 1.807) is 0 Å². The van der Waals surface area contributed by atoms with E-state index in [4.69, 9.17) is 4.74 Å². The van der Waals surface area contributed by atoms with E-state index in [0.717, 1.165) is 16.7 Å². The molecule has 11 heteroatoms. The van der Waals surface area contributed by atoms with Gasteiger partial charge in [0, 0.05) is 23.8 Å². The van der Waals surface area contributed by atoms with E-state index < -0.39 is 34.8 Å². The molecular formula is C35H43N3O6S2. The summed E-state index contributed by atoms with van der Waals surface area (Å²) in [5.74, 6) is -0.479. The molecule has 0 bridgehead atoms. The number of hydrogen-bond donors (Lipinski definition) is 4. The van der Waals surface area contributed by atoms with Crippen LogP contribution in [0.5, 0.6) is 0 Å². The van der Waals surface area contributed by atoms with Crippen LogP contribution in [-0.2, 0) is 37.2 Å². The Labute approximate surface area is 279 Å². The third-order valence-electron chi connectivity index (χ3n) is 7.02. The van der Waals surface area contributed by atoms with Crippen LogP contribution < -0.4 is 16.0 Å². The van der Waals surface area contributed by atoms with Crippen LogP contribution in [0.15, 0.2) is 91.0 Å². The second kappa shape index (κ2) is 19.5. The Kier molecular flexibility index (Phi) is 15.5. The van der Waals surface area contributed by atoms with E-state index in [0.29, 0.717) is 30.9 Å². The number of alkyl carbamates (subject to hydrolysis) is 1. The second-order valence-electron chi connectivity index (χ2n) is 11.2. The normalized spacial score (nSPS) is 12.4. The van der Waals surface area contributed by atoms with Crippen molar-refractivity contribution < 1.29 is 29.0 Å². The van der Waals surface area contributed by atoms with Crippen molar-refractivity contribution >= 4 is 47.4 Å². The number of benzene rings is 3. The molecule has 0 fully saturated rings. The van der Waals surface area contributed by atoms with Crippen molar-refractivity contribution in [2.24, 2.45) is 0 Å². The summed E-state index contributed by atoms with van der Waals surface area (Å²) in [6.45, 7) is 4.09. The fraction of sp³-hybridized carbons (Fsp3) is 0.371. The summed E-state index contributed by atoms with van der Waals surface area (Å²) in [4.78, 5) is 50.8. The molecular weight excluding hydrogens is 623 g/mol. The van der Waals surface area contributed by atoms with Gasteiger partial charge in [-0.25, -0.2) is 9.59 Å². The Bertz CT molecular complexity index is 1380. The number of carboxylic acid groups (broad SMARTS) is 1. The highest BCUT2D eigenvalue weighted by molar-refractivity contribution is 8.00. The SMILES string of the molecule is CC(C)(SCc1ccccc1)C(=O)N[C@@H](CSCc1ccccc1)C(=O)N[C@@H](CCCCNC(=O)OCc1ccccc1)C(=O)O. The number of thioether (sulfide) groups is 2. The van der Waals surface area contributed by atoms with Crippen molar-refractivity contribution in [1.29, 1.82) is 0 Å². The largest absolute Gasteiger partial charge is 0.480 e. The Morgan fingerprint density at radius 1 is 0.761 bits per heavy atom. The standard InChI is InChI=1S/C35H43N3O6S2/c1-35(2,46-24-28-18-10-5-11-19-28)33(42)38-30(25-45-23-27-16-8-4-9-17-27)31(39)37-29(32(40)41)20-12-13-21-36-34(43)44-22-26-14-6-3-7-15-26/h3-11,14-19,29-30H,12-13,20-25H2,1-2H3,(H,36,43)(H,37,39)(H,38,42)(H,40,41)/t29-,30-/m0/s1. The number of carboxylic acids is 1. The molecule has 0 unspecified atom stereocenters. The number of unbranched alkanes of at least 4 members (excludes halogenated alkanes) is 1. The lowest BCUT2D eigenvalue weighted by Crippen LogP contribution is -2.55. The van der Waals surface area contributed by atoms with Gasteiger partial charge in [0.25, 0.3) is 0 Å². The van der Waals surface area contributed by atoms with Crippen LogP contribution in [0.2, 0.25) is 0 Å². The van der Waals surface area contributed by atoms with Crippen molar-refractivity contribution in [3.63, 3.8) is 0 Å². The maximum Gasteiger partial charge on any atom is 0.407 e. The number of carbonyl (C=O) groups is 4. The van der Waals surface area contributed by atoms with Crippen molar-refractivity contribution in [2.45, 2.75) is 68.1 Å². The zero-order valence-corrected chi connectivity index (χ0v) is 27.9. The van der Waals surface area contributed by atoms with Crippen molar-refractivity contribution in [3.05, 3.63) is 108 Å². The summed E-state index contributed by atoms with van der Waals surface area (Å²) in [5.41, 5.74) is 3.04. The summed E-state index contributed by atoms with van der Waals surface area (Å²) >= 11 is 2.96. The molecule has 0 aliphatic carbocycles. The molecule has 0 radical (unpaired) electrons. The molecule has 0 aliphatic rings. The first kappa shape index (κ1) is 36.5. The maximum atomic E-state index is 13.4. The first-order valence-corrected chi connectivity index (χ1v) is 17.4. The zero-order chi connectivity index (χ0) is 33.2. The highest BCUT2D eigenvalue weighted by Gasteiger charge is 2.33. The van der Waals surface area contributed by atoms with Crippen molar-refractivity contribution in [2.75, 3.05) is 12.3 Å².